The van der Waals surface area contributed by atoms with E-state index in [9.17, 15) is 4.79 Å². The first-order chi connectivity index (χ1) is 17.7. The van der Waals surface area contributed by atoms with Gasteiger partial charge in [-0.15, -0.1) is 0 Å². The average molecular weight is 510 g/mol. The van der Waals surface area contributed by atoms with Crippen LogP contribution in [0.15, 0.2) is 29.3 Å². The quantitative estimate of drug-likeness (QED) is 0.191. The number of amides is 1. The summed E-state index contributed by atoms with van der Waals surface area (Å²) in [6.45, 7) is 19.2. The average Bonchev–Trinajstić information content (AvgIpc) is 2.85. The van der Waals surface area contributed by atoms with Crippen molar-refractivity contribution in [2.75, 3.05) is 11.4 Å². The lowest BCUT2D eigenvalue weighted by molar-refractivity contribution is -0.116. The Labute approximate surface area is 230 Å². The van der Waals surface area contributed by atoms with E-state index in [1.807, 2.05) is 0 Å². The van der Waals surface area contributed by atoms with Crippen molar-refractivity contribution in [2.45, 2.75) is 157 Å². The lowest BCUT2D eigenvalue weighted by Crippen LogP contribution is -2.47. The van der Waals surface area contributed by atoms with E-state index in [2.05, 4.69) is 78.5 Å². The zero-order valence-electron chi connectivity index (χ0n) is 25.8. The molecule has 0 atom stereocenters. The Morgan fingerprint density at radius 1 is 0.730 bits per heavy atom. The van der Waals surface area contributed by atoms with Gasteiger partial charge in [0.2, 0.25) is 0 Å². The fraction of sp³-hybridized carbons (Fsp3) is 0.743. The molecule has 0 radical (unpaired) electrons. The third kappa shape index (κ3) is 9.00. The van der Waals surface area contributed by atoms with Gasteiger partial charge in [0.25, 0.3) is 5.91 Å². The van der Waals surface area contributed by atoms with Crippen LogP contribution < -0.4 is 4.90 Å². The van der Waals surface area contributed by atoms with Gasteiger partial charge in [0.1, 0.15) is 0 Å². The van der Waals surface area contributed by atoms with Crippen molar-refractivity contribution in [2.24, 2.45) is 5.41 Å². The second-order valence-electron chi connectivity index (χ2n) is 12.9. The number of para-hydroxylation sites is 1. The van der Waals surface area contributed by atoms with Crippen molar-refractivity contribution >= 4 is 11.6 Å². The van der Waals surface area contributed by atoms with Crippen LogP contribution in [0.25, 0.3) is 0 Å². The molecule has 0 N–H and O–H groups in total. The van der Waals surface area contributed by atoms with Crippen LogP contribution in [0.1, 0.15) is 168 Å². The van der Waals surface area contributed by atoms with E-state index in [-0.39, 0.29) is 5.41 Å². The molecule has 0 spiro atoms. The SMILES string of the molecule is CCCCCCCCC1=C(CCCCCCCC)C(C)(C)CN(c2c(C(C)C)cccc2C(C)C)C1=O. The number of nitrogens with zero attached hydrogens (tertiary/aromatic N) is 1. The second kappa shape index (κ2) is 15.7. The van der Waals surface area contributed by atoms with Crippen LogP contribution in [-0.4, -0.2) is 12.5 Å². The van der Waals surface area contributed by atoms with Gasteiger partial charge >= 0.3 is 0 Å². The van der Waals surface area contributed by atoms with E-state index in [4.69, 9.17) is 0 Å². The fourth-order valence-corrected chi connectivity index (χ4v) is 6.18. The Hall–Kier alpha value is -1.57. The van der Waals surface area contributed by atoms with Crippen LogP contribution in [0, 0.1) is 5.41 Å². The minimum atomic E-state index is 0.00716. The highest BCUT2D eigenvalue weighted by Crippen LogP contribution is 2.45. The van der Waals surface area contributed by atoms with E-state index >= 15 is 0 Å². The van der Waals surface area contributed by atoms with Crippen LogP contribution in [0.3, 0.4) is 0 Å². The standard InChI is InChI=1S/C35H59NO/c1-9-11-13-15-17-19-22-31-32(25-20-18-16-14-12-10-2)35(7,8)26-36(34(31)37)33-29(27(3)4)23-21-24-30(33)28(5)6/h21,23-24,27-28H,9-20,22,25-26H2,1-8H3. The Morgan fingerprint density at radius 2 is 1.19 bits per heavy atom. The maximum Gasteiger partial charge on any atom is 0.254 e. The molecule has 1 aromatic carbocycles. The van der Waals surface area contributed by atoms with Crippen molar-refractivity contribution in [3.63, 3.8) is 0 Å². The highest BCUT2D eigenvalue weighted by atomic mass is 16.2. The molecule has 1 amide bonds. The number of unbranched alkanes of at least 4 members (excludes halogenated alkanes) is 10. The molecule has 2 rings (SSSR count). The van der Waals surface area contributed by atoms with Crippen LogP contribution in [0.4, 0.5) is 5.69 Å². The molecule has 0 bridgehead atoms. The summed E-state index contributed by atoms with van der Waals surface area (Å²) in [4.78, 5) is 16.6. The lowest BCUT2D eigenvalue weighted by Gasteiger charge is -2.43. The third-order valence-corrected chi connectivity index (χ3v) is 8.41. The molecule has 2 nitrogen and oxygen atoms in total. The molecule has 0 aromatic heterocycles. The zero-order valence-corrected chi connectivity index (χ0v) is 25.8. The molecule has 1 aromatic rings. The number of hydrogen-bond acceptors (Lipinski definition) is 1. The van der Waals surface area contributed by atoms with Crippen molar-refractivity contribution in [3.05, 3.63) is 40.5 Å². The minimum Gasteiger partial charge on any atom is -0.307 e. The maximum absolute atomic E-state index is 14.4. The van der Waals surface area contributed by atoms with Gasteiger partial charge in [-0.2, -0.15) is 0 Å². The molecule has 1 aliphatic heterocycles. The number of carbonyl (C=O) groups is 1. The number of carbonyl (C=O) groups excluding carboxylic acids is 1. The van der Waals surface area contributed by atoms with Gasteiger partial charge in [-0.25, -0.2) is 0 Å². The van der Waals surface area contributed by atoms with Crippen molar-refractivity contribution in [3.8, 4) is 0 Å². The summed E-state index contributed by atoms with van der Waals surface area (Å²) < 4.78 is 0. The molecule has 0 saturated heterocycles. The van der Waals surface area contributed by atoms with Gasteiger partial charge in [0, 0.05) is 17.5 Å². The van der Waals surface area contributed by atoms with Crippen LogP contribution >= 0.6 is 0 Å². The van der Waals surface area contributed by atoms with E-state index in [0.29, 0.717) is 17.7 Å². The van der Waals surface area contributed by atoms with Crippen LogP contribution in [-0.2, 0) is 4.79 Å². The van der Waals surface area contributed by atoms with Crippen molar-refractivity contribution < 1.29 is 4.79 Å². The molecule has 0 fully saturated rings. The number of anilines is 1. The molecule has 1 heterocycles. The minimum absolute atomic E-state index is 0.00716. The summed E-state index contributed by atoms with van der Waals surface area (Å²) >= 11 is 0. The van der Waals surface area contributed by atoms with Gasteiger partial charge in [-0.05, 0) is 48.6 Å². The summed E-state index contributed by atoms with van der Waals surface area (Å²) in [7, 11) is 0. The first-order valence-electron chi connectivity index (χ1n) is 15.8. The summed E-state index contributed by atoms with van der Waals surface area (Å²) in [5.41, 5.74) is 6.44. The molecular weight excluding hydrogens is 450 g/mol. The van der Waals surface area contributed by atoms with Gasteiger partial charge in [-0.1, -0.05) is 143 Å². The molecule has 2 heteroatoms. The van der Waals surface area contributed by atoms with E-state index in [1.54, 1.807) is 0 Å². The smallest absolute Gasteiger partial charge is 0.254 e. The lowest BCUT2D eigenvalue weighted by atomic mass is 9.73. The van der Waals surface area contributed by atoms with Gasteiger partial charge < -0.3 is 4.90 Å². The molecule has 0 aliphatic carbocycles. The highest BCUT2D eigenvalue weighted by molar-refractivity contribution is 6.08. The Morgan fingerprint density at radius 3 is 1.68 bits per heavy atom. The van der Waals surface area contributed by atoms with E-state index in [1.165, 1.54) is 93.0 Å². The monoisotopic (exact) mass is 509 g/mol. The zero-order chi connectivity index (χ0) is 27.4. The van der Waals surface area contributed by atoms with Crippen LogP contribution in [0.5, 0.6) is 0 Å². The predicted molar refractivity (Wildman–Crippen MR) is 164 cm³/mol. The van der Waals surface area contributed by atoms with Crippen LogP contribution in [0.2, 0.25) is 0 Å². The molecule has 210 valence electrons. The van der Waals surface area contributed by atoms with Crippen molar-refractivity contribution in [1.29, 1.82) is 0 Å². The Bertz CT molecular complexity index is 834. The predicted octanol–water partition coefficient (Wildman–Crippen LogP) is 11.1. The second-order valence-corrected chi connectivity index (χ2v) is 12.9. The van der Waals surface area contributed by atoms with E-state index in [0.717, 1.165) is 31.4 Å². The summed E-state index contributed by atoms with van der Waals surface area (Å²) in [6.07, 6.45) is 17.5. The fourth-order valence-electron chi connectivity index (χ4n) is 6.18. The number of rotatable bonds is 17. The normalized spacial score (nSPS) is 15.9. The number of hydrogen-bond donors (Lipinski definition) is 0. The third-order valence-electron chi connectivity index (χ3n) is 8.41. The number of benzene rings is 1. The van der Waals surface area contributed by atoms with Gasteiger partial charge in [-0.3, -0.25) is 4.79 Å². The Kier molecular flexibility index (Phi) is 13.5. The highest BCUT2D eigenvalue weighted by Gasteiger charge is 2.40. The molecule has 0 saturated carbocycles. The molecular formula is C35H59NO. The van der Waals surface area contributed by atoms with E-state index < -0.39 is 0 Å². The summed E-state index contributed by atoms with van der Waals surface area (Å²) in [6, 6.07) is 6.68. The first kappa shape index (κ1) is 31.6. The first-order valence-corrected chi connectivity index (χ1v) is 15.8. The topological polar surface area (TPSA) is 20.3 Å². The summed E-state index contributed by atoms with van der Waals surface area (Å²) in [5, 5.41) is 0. The largest absolute Gasteiger partial charge is 0.307 e. The van der Waals surface area contributed by atoms with Gasteiger partial charge in [0.15, 0.2) is 0 Å². The maximum atomic E-state index is 14.4. The van der Waals surface area contributed by atoms with Crippen molar-refractivity contribution in [1.82, 2.24) is 0 Å². The molecule has 1 aliphatic rings. The molecule has 0 unspecified atom stereocenters. The Balaban J connectivity index is 2.39. The summed E-state index contributed by atoms with van der Waals surface area (Å²) in [5.74, 6) is 1.07. The molecule has 37 heavy (non-hydrogen) atoms. The van der Waals surface area contributed by atoms with Gasteiger partial charge in [0.05, 0.1) is 5.69 Å².